The van der Waals surface area contributed by atoms with Crippen molar-refractivity contribution in [3.63, 3.8) is 0 Å². The van der Waals surface area contributed by atoms with Crippen LogP contribution in [0.3, 0.4) is 0 Å². The molecule has 0 aromatic heterocycles. The van der Waals surface area contributed by atoms with Crippen molar-refractivity contribution in [2.45, 2.75) is 64.2 Å². The zero-order valence-electron chi connectivity index (χ0n) is 12.2. The molecule has 0 atom stereocenters. The van der Waals surface area contributed by atoms with E-state index in [4.69, 9.17) is 4.74 Å². The summed E-state index contributed by atoms with van der Waals surface area (Å²) in [6, 6.07) is 2.24. The second-order valence-corrected chi connectivity index (χ2v) is 5.62. The molecule has 2 heterocycles. The van der Waals surface area contributed by atoms with E-state index in [0.717, 1.165) is 32.1 Å². The summed E-state index contributed by atoms with van der Waals surface area (Å²) in [5.41, 5.74) is 0.646. The number of allylic oxidation sites excluding steroid dienone is 1. The van der Waals surface area contributed by atoms with Gasteiger partial charge in [0.25, 0.3) is 0 Å². The van der Waals surface area contributed by atoms with Crippen LogP contribution in [0.25, 0.3) is 0 Å². The number of hydrogen-bond acceptors (Lipinski definition) is 3. The van der Waals surface area contributed by atoms with Crippen molar-refractivity contribution in [3.8, 4) is 6.07 Å². The largest absolute Gasteiger partial charge is 0.476 e. The summed E-state index contributed by atoms with van der Waals surface area (Å²) in [6.07, 6.45) is 10.6. The van der Waals surface area contributed by atoms with Crippen LogP contribution in [0.4, 0.5) is 0 Å². The van der Waals surface area contributed by atoms with E-state index in [1.54, 1.807) is 4.90 Å². The fraction of sp³-hybridized carbons (Fsp3) is 0.750. The summed E-state index contributed by atoms with van der Waals surface area (Å²) in [5.74, 6) is 0.650. The van der Waals surface area contributed by atoms with Gasteiger partial charge in [-0.15, -0.1) is 0 Å². The predicted octanol–water partition coefficient (Wildman–Crippen LogP) is 3.49. The summed E-state index contributed by atoms with van der Waals surface area (Å²) >= 11 is 0. The van der Waals surface area contributed by atoms with Gasteiger partial charge in [-0.2, -0.15) is 5.26 Å². The zero-order chi connectivity index (χ0) is 14.2. The molecular formula is C16H24N2O2. The Morgan fingerprint density at radius 2 is 1.55 bits per heavy atom. The highest BCUT2D eigenvalue weighted by Gasteiger charge is 2.27. The van der Waals surface area contributed by atoms with Crippen LogP contribution in [0, 0.1) is 11.3 Å². The number of nitriles is 1. The zero-order valence-corrected chi connectivity index (χ0v) is 12.2. The Labute approximate surface area is 121 Å². The van der Waals surface area contributed by atoms with E-state index in [1.165, 1.54) is 25.7 Å². The van der Waals surface area contributed by atoms with Crippen molar-refractivity contribution >= 4 is 5.91 Å². The summed E-state index contributed by atoms with van der Waals surface area (Å²) in [4.78, 5) is 13.9. The van der Waals surface area contributed by atoms with Crippen molar-refractivity contribution < 1.29 is 9.53 Å². The Morgan fingerprint density at radius 1 is 0.950 bits per heavy atom. The minimum absolute atomic E-state index is 0.113. The lowest BCUT2D eigenvalue weighted by Crippen LogP contribution is -2.27. The molecule has 0 N–H and O–H groups in total. The standard InChI is InChI=1S/C16H24N2O2/c17-13-14-9-7-5-3-1-2-4-6-8-10-15(19)18-11-12-20-16(14)18/h1-12H2/b16-14+. The first kappa shape index (κ1) is 14.9. The summed E-state index contributed by atoms with van der Waals surface area (Å²) in [7, 11) is 0. The molecule has 20 heavy (non-hydrogen) atoms. The van der Waals surface area contributed by atoms with Gasteiger partial charge in [0.15, 0.2) is 0 Å². The third-order valence-corrected chi connectivity index (χ3v) is 4.06. The van der Waals surface area contributed by atoms with Crippen LogP contribution in [-0.4, -0.2) is 24.0 Å². The first-order valence-electron chi connectivity index (χ1n) is 7.89. The van der Waals surface area contributed by atoms with Crippen molar-refractivity contribution in [1.82, 2.24) is 4.90 Å². The second-order valence-electron chi connectivity index (χ2n) is 5.62. The van der Waals surface area contributed by atoms with E-state index in [9.17, 15) is 10.1 Å². The molecule has 0 unspecified atom stereocenters. The van der Waals surface area contributed by atoms with Crippen LogP contribution in [0.2, 0.25) is 0 Å². The Hall–Kier alpha value is -1.50. The van der Waals surface area contributed by atoms with Gasteiger partial charge in [0, 0.05) is 6.42 Å². The lowest BCUT2D eigenvalue weighted by atomic mass is 10.0. The monoisotopic (exact) mass is 276 g/mol. The molecule has 4 heteroatoms. The number of nitrogens with zero attached hydrogens (tertiary/aromatic N) is 2. The quantitative estimate of drug-likeness (QED) is 0.680. The van der Waals surface area contributed by atoms with Gasteiger partial charge in [-0.3, -0.25) is 9.69 Å². The third kappa shape index (κ3) is 4.00. The normalized spacial score (nSPS) is 26.4. The van der Waals surface area contributed by atoms with Crippen LogP contribution < -0.4 is 0 Å². The van der Waals surface area contributed by atoms with Gasteiger partial charge in [0.1, 0.15) is 12.7 Å². The molecule has 4 nitrogen and oxygen atoms in total. The molecular weight excluding hydrogens is 252 g/mol. The molecule has 0 spiro atoms. The summed E-state index contributed by atoms with van der Waals surface area (Å²) in [5, 5.41) is 9.30. The molecule has 2 rings (SSSR count). The average molecular weight is 276 g/mol. The summed E-state index contributed by atoms with van der Waals surface area (Å²) in [6.45, 7) is 1.12. The van der Waals surface area contributed by atoms with Crippen LogP contribution in [0.15, 0.2) is 11.5 Å². The second kappa shape index (κ2) is 7.94. The van der Waals surface area contributed by atoms with Crippen LogP contribution in [-0.2, 0) is 9.53 Å². The lowest BCUT2D eigenvalue weighted by molar-refractivity contribution is -0.129. The maximum Gasteiger partial charge on any atom is 0.229 e. The van der Waals surface area contributed by atoms with Crippen LogP contribution in [0.1, 0.15) is 64.2 Å². The van der Waals surface area contributed by atoms with E-state index in [0.29, 0.717) is 31.0 Å². The molecule has 0 radical (unpaired) electrons. The minimum Gasteiger partial charge on any atom is -0.476 e. The maximum absolute atomic E-state index is 12.2. The fourth-order valence-corrected chi connectivity index (χ4v) is 2.89. The Morgan fingerprint density at radius 3 is 2.20 bits per heavy atom. The van der Waals surface area contributed by atoms with Crippen molar-refractivity contribution in [3.05, 3.63) is 11.5 Å². The number of carbonyl (C=O) groups is 1. The fourth-order valence-electron chi connectivity index (χ4n) is 2.89. The lowest BCUT2D eigenvalue weighted by Gasteiger charge is -2.17. The number of amides is 1. The van der Waals surface area contributed by atoms with Crippen molar-refractivity contribution in [2.75, 3.05) is 13.2 Å². The molecule has 0 aromatic carbocycles. The SMILES string of the molecule is N#C/C1=C2/OCCN2C(=O)CCCCCCCCCC1. The van der Waals surface area contributed by atoms with Crippen molar-refractivity contribution in [2.24, 2.45) is 0 Å². The molecule has 110 valence electrons. The highest BCUT2D eigenvalue weighted by molar-refractivity contribution is 5.78. The minimum atomic E-state index is 0.113. The number of fused-ring (bicyclic) bond motifs is 1. The van der Waals surface area contributed by atoms with Gasteiger partial charge < -0.3 is 4.74 Å². The first-order valence-corrected chi connectivity index (χ1v) is 7.89. The predicted molar refractivity (Wildman–Crippen MR) is 76.5 cm³/mol. The van der Waals surface area contributed by atoms with Crippen LogP contribution >= 0.6 is 0 Å². The molecule has 0 aromatic rings. The molecule has 1 saturated heterocycles. The smallest absolute Gasteiger partial charge is 0.229 e. The van der Waals surface area contributed by atoms with E-state index in [2.05, 4.69) is 6.07 Å². The molecule has 2 aliphatic rings. The van der Waals surface area contributed by atoms with E-state index in [-0.39, 0.29) is 5.91 Å². The molecule has 0 aliphatic carbocycles. The van der Waals surface area contributed by atoms with Gasteiger partial charge in [-0.1, -0.05) is 38.5 Å². The topological polar surface area (TPSA) is 53.3 Å². The highest BCUT2D eigenvalue weighted by atomic mass is 16.5. The van der Waals surface area contributed by atoms with E-state index < -0.39 is 0 Å². The molecule has 0 bridgehead atoms. The molecule has 1 amide bonds. The van der Waals surface area contributed by atoms with Gasteiger partial charge >= 0.3 is 0 Å². The average Bonchev–Trinajstić information content (AvgIpc) is 2.93. The number of carbonyl (C=O) groups excluding carboxylic acids is 1. The van der Waals surface area contributed by atoms with Gasteiger partial charge in [0.2, 0.25) is 11.8 Å². The number of ether oxygens (including phenoxy) is 1. The Bertz CT molecular complexity index is 409. The number of hydrogen-bond donors (Lipinski definition) is 0. The highest BCUT2D eigenvalue weighted by Crippen LogP contribution is 2.24. The Kier molecular flexibility index (Phi) is 5.91. The number of rotatable bonds is 0. The third-order valence-electron chi connectivity index (χ3n) is 4.06. The van der Waals surface area contributed by atoms with E-state index in [1.807, 2.05) is 0 Å². The van der Waals surface area contributed by atoms with Gasteiger partial charge in [-0.05, 0) is 19.3 Å². The molecule has 0 saturated carbocycles. The molecule has 2 aliphatic heterocycles. The molecule has 1 fully saturated rings. The Balaban J connectivity index is 2.09. The maximum atomic E-state index is 12.2. The van der Waals surface area contributed by atoms with E-state index >= 15 is 0 Å². The van der Waals surface area contributed by atoms with Crippen LogP contribution in [0.5, 0.6) is 0 Å². The first-order chi connectivity index (χ1) is 9.83. The van der Waals surface area contributed by atoms with Crippen molar-refractivity contribution in [1.29, 1.82) is 5.26 Å². The summed E-state index contributed by atoms with van der Waals surface area (Å²) < 4.78 is 5.55. The van der Waals surface area contributed by atoms with Gasteiger partial charge in [0.05, 0.1) is 12.1 Å². The van der Waals surface area contributed by atoms with Gasteiger partial charge in [-0.25, -0.2) is 0 Å².